The Morgan fingerprint density at radius 1 is 1.43 bits per heavy atom. The van der Waals surface area contributed by atoms with Crippen LogP contribution in [0.4, 0.5) is 4.79 Å². The van der Waals surface area contributed by atoms with Crippen LogP contribution in [0, 0.1) is 0 Å². The first-order chi connectivity index (χ1) is 11.2. The highest BCUT2D eigenvalue weighted by molar-refractivity contribution is 5.73. The highest BCUT2D eigenvalue weighted by Crippen LogP contribution is 2.23. The fraction of sp³-hybridized carbons (Fsp3) is 0.250. The largest absolute Gasteiger partial charge is 0.492 e. The van der Waals surface area contributed by atoms with Crippen LogP contribution in [0.3, 0.4) is 0 Å². The summed E-state index contributed by atoms with van der Waals surface area (Å²) in [5, 5.41) is 8.13. The van der Waals surface area contributed by atoms with Crippen molar-refractivity contribution in [1.82, 2.24) is 20.2 Å². The van der Waals surface area contributed by atoms with Crippen molar-refractivity contribution in [2.75, 3.05) is 19.7 Å². The van der Waals surface area contributed by atoms with Crippen molar-refractivity contribution in [2.24, 2.45) is 7.05 Å². The second-order valence-corrected chi connectivity index (χ2v) is 5.05. The molecule has 1 aliphatic heterocycles. The molecule has 23 heavy (non-hydrogen) atoms. The van der Waals surface area contributed by atoms with Crippen molar-refractivity contribution in [2.45, 2.75) is 0 Å². The smallest absolute Gasteiger partial charge is 0.350 e. The number of hydroxylamine groups is 2. The molecule has 7 heteroatoms. The molecule has 0 fully saturated rings. The Morgan fingerprint density at radius 2 is 2.35 bits per heavy atom. The van der Waals surface area contributed by atoms with E-state index in [1.54, 1.807) is 10.8 Å². The molecule has 2 aromatic rings. The zero-order chi connectivity index (χ0) is 16.1. The molecule has 120 valence electrons. The Balaban J connectivity index is 1.48. The summed E-state index contributed by atoms with van der Waals surface area (Å²) in [6, 6.07) is 7.49. The van der Waals surface area contributed by atoms with Crippen molar-refractivity contribution in [3.63, 3.8) is 0 Å². The van der Waals surface area contributed by atoms with Crippen molar-refractivity contribution in [3.05, 3.63) is 49.0 Å². The molecular weight excluding hydrogens is 296 g/mol. The maximum Gasteiger partial charge on any atom is 0.350 e. The van der Waals surface area contributed by atoms with Gasteiger partial charge < -0.3 is 14.9 Å². The number of hydrogen-bond donors (Lipinski definition) is 1. The Bertz CT molecular complexity index is 703. The number of aryl methyl sites for hydroxylation is 1. The van der Waals surface area contributed by atoms with Gasteiger partial charge in [0.2, 0.25) is 0 Å². The number of benzene rings is 1. The third kappa shape index (κ3) is 3.82. The van der Waals surface area contributed by atoms with Gasteiger partial charge in [-0.3, -0.25) is 4.68 Å². The van der Waals surface area contributed by atoms with Gasteiger partial charge in [0.1, 0.15) is 18.6 Å². The van der Waals surface area contributed by atoms with Gasteiger partial charge in [-0.1, -0.05) is 12.1 Å². The summed E-state index contributed by atoms with van der Waals surface area (Å²) in [7, 11) is 1.88. The van der Waals surface area contributed by atoms with Crippen LogP contribution in [0.2, 0.25) is 0 Å². The lowest BCUT2D eigenvalue weighted by Crippen LogP contribution is -2.39. The fourth-order valence-corrected chi connectivity index (χ4v) is 2.18. The topological polar surface area (TPSA) is 68.6 Å². The average molecular weight is 314 g/mol. The lowest BCUT2D eigenvalue weighted by atomic mass is 10.1. The number of amides is 2. The van der Waals surface area contributed by atoms with E-state index in [1.165, 1.54) is 11.3 Å². The summed E-state index contributed by atoms with van der Waals surface area (Å²) in [4.78, 5) is 16.7. The zero-order valence-electron chi connectivity index (χ0n) is 12.8. The molecule has 1 aromatic carbocycles. The monoisotopic (exact) mass is 314 g/mol. The zero-order valence-corrected chi connectivity index (χ0v) is 12.8. The Labute approximate surface area is 134 Å². The first-order valence-corrected chi connectivity index (χ1v) is 7.31. The van der Waals surface area contributed by atoms with Crippen LogP contribution in [-0.2, 0) is 11.9 Å². The number of carbonyl (C=O) groups excluding carboxylic acids is 1. The van der Waals surface area contributed by atoms with Gasteiger partial charge in [0.25, 0.3) is 0 Å². The molecule has 0 atom stereocenters. The first kappa shape index (κ1) is 15.0. The molecule has 2 amide bonds. The minimum Gasteiger partial charge on any atom is -0.492 e. The van der Waals surface area contributed by atoms with E-state index in [9.17, 15) is 4.79 Å². The summed E-state index contributed by atoms with van der Waals surface area (Å²) < 4.78 is 7.43. The number of rotatable bonds is 5. The minimum atomic E-state index is -0.275. The van der Waals surface area contributed by atoms with E-state index in [0.717, 1.165) is 16.9 Å². The number of aromatic nitrogens is 2. The van der Waals surface area contributed by atoms with Crippen LogP contribution in [0.25, 0.3) is 11.1 Å². The van der Waals surface area contributed by atoms with Crippen LogP contribution >= 0.6 is 0 Å². The summed E-state index contributed by atoms with van der Waals surface area (Å²) in [5.41, 5.74) is 2.07. The van der Waals surface area contributed by atoms with Crippen molar-refractivity contribution in [1.29, 1.82) is 0 Å². The molecule has 7 nitrogen and oxygen atoms in total. The summed E-state index contributed by atoms with van der Waals surface area (Å²) in [6.45, 7) is 1.24. The number of urea groups is 1. The maximum atomic E-state index is 11.7. The van der Waals surface area contributed by atoms with E-state index >= 15 is 0 Å². The highest BCUT2D eigenvalue weighted by atomic mass is 16.7. The van der Waals surface area contributed by atoms with E-state index in [-0.39, 0.29) is 6.03 Å². The predicted octanol–water partition coefficient (Wildman–Crippen LogP) is 1.94. The molecule has 0 saturated heterocycles. The molecule has 0 aliphatic carbocycles. The number of ether oxygens (including phenoxy) is 1. The van der Waals surface area contributed by atoms with Gasteiger partial charge in [0.15, 0.2) is 0 Å². The second kappa shape index (κ2) is 6.87. The highest BCUT2D eigenvalue weighted by Gasteiger charge is 2.15. The first-order valence-electron chi connectivity index (χ1n) is 7.31. The molecule has 0 saturated carbocycles. The predicted molar refractivity (Wildman–Crippen MR) is 84.5 cm³/mol. The van der Waals surface area contributed by atoms with E-state index in [0.29, 0.717) is 19.7 Å². The number of nitrogens with zero attached hydrogens (tertiary/aromatic N) is 3. The number of hydrogen-bond acceptors (Lipinski definition) is 4. The van der Waals surface area contributed by atoms with Crippen molar-refractivity contribution >= 4 is 6.03 Å². The normalized spacial score (nSPS) is 13.0. The summed E-state index contributed by atoms with van der Waals surface area (Å²) in [5.74, 6) is 0.750. The minimum absolute atomic E-state index is 0.275. The Hall–Kier alpha value is -2.96. The van der Waals surface area contributed by atoms with Gasteiger partial charge in [-0.05, 0) is 23.8 Å². The van der Waals surface area contributed by atoms with Crippen LogP contribution in [0.5, 0.6) is 5.75 Å². The van der Waals surface area contributed by atoms with E-state index in [4.69, 9.17) is 9.57 Å². The maximum absolute atomic E-state index is 11.7. The molecule has 2 heterocycles. The summed E-state index contributed by atoms with van der Waals surface area (Å²) >= 11 is 0. The van der Waals surface area contributed by atoms with Crippen molar-refractivity contribution < 1.29 is 14.4 Å². The van der Waals surface area contributed by atoms with Gasteiger partial charge in [-0.2, -0.15) is 10.2 Å². The van der Waals surface area contributed by atoms with Crippen LogP contribution in [0.15, 0.2) is 49.0 Å². The molecule has 3 rings (SSSR count). The van der Waals surface area contributed by atoms with E-state index in [2.05, 4.69) is 10.4 Å². The lowest BCUT2D eigenvalue weighted by molar-refractivity contribution is -0.0299. The van der Waals surface area contributed by atoms with Crippen LogP contribution in [0.1, 0.15) is 0 Å². The van der Waals surface area contributed by atoms with Gasteiger partial charge in [0.05, 0.1) is 19.3 Å². The van der Waals surface area contributed by atoms with Gasteiger partial charge in [-0.15, -0.1) is 0 Å². The molecule has 1 aromatic heterocycles. The average Bonchev–Trinajstić information content (AvgIpc) is 3.23. The van der Waals surface area contributed by atoms with E-state index < -0.39 is 0 Å². The third-order valence-electron chi connectivity index (χ3n) is 3.30. The second-order valence-electron chi connectivity index (χ2n) is 5.05. The lowest BCUT2D eigenvalue weighted by Gasteiger charge is -2.15. The van der Waals surface area contributed by atoms with Gasteiger partial charge >= 0.3 is 6.03 Å². The van der Waals surface area contributed by atoms with Crippen molar-refractivity contribution in [3.8, 4) is 16.9 Å². The van der Waals surface area contributed by atoms with Gasteiger partial charge in [-0.25, -0.2) is 4.79 Å². The fourth-order valence-electron chi connectivity index (χ4n) is 2.18. The summed E-state index contributed by atoms with van der Waals surface area (Å²) in [6.07, 6.45) is 7.01. The molecule has 1 aliphatic rings. The molecule has 0 spiro atoms. The van der Waals surface area contributed by atoms with Gasteiger partial charge in [0, 0.05) is 18.8 Å². The standard InChI is InChI=1S/C16H18N4O3/c1-19-12-14(11-18-19)13-4-2-5-15(10-13)22-9-6-17-16(21)20-7-3-8-23-20/h2-5,8,10-12H,6-7,9H2,1H3,(H,17,21). The Morgan fingerprint density at radius 3 is 3.09 bits per heavy atom. The molecule has 0 bridgehead atoms. The van der Waals surface area contributed by atoms with Crippen LogP contribution < -0.4 is 10.1 Å². The quantitative estimate of drug-likeness (QED) is 0.856. The molecule has 0 radical (unpaired) electrons. The van der Waals surface area contributed by atoms with Crippen LogP contribution in [-0.4, -0.2) is 40.6 Å². The molecule has 0 unspecified atom stereocenters. The molecular formula is C16H18N4O3. The SMILES string of the molecule is Cn1cc(-c2cccc(OCCNC(=O)N3CC=CO3)c2)cn1. The number of nitrogens with one attached hydrogen (secondary N) is 1. The van der Waals surface area contributed by atoms with E-state index in [1.807, 2.05) is 43.7 Å². The number of carbonyl (C=O) groups is 1. The molecule has 1 N–H and O–H groups in total. The third-order valence-corrected chi connectivity index (χ3v) is 3.30. The Kier molecular flexibility index (Phi) is 4.46.